The maximum atomic E-state index is 12.1. The highest BCUT2D eigenvalue weighted by Crippen LogP contribution is 2.40. The fourth-order valence-corrected chi connectivity index (χ4v) is 2.10. The van der Waals surface area contributed by atoms with Crippen LogP contribution in [0.25, 0.3) is 0 Å². The van der Waals surface area contributed by atoms with Gasteiger partial charge in [-0.05, 0) is 19.8 Å². The molecule has 1 aromatic rings. The lowest BCUT2D eigenvalue weighted by molar-refractivity contribution is -0.129. The molecule has 1 aromatic heterocycles. The highest BCUT2D eigenvalue weighted by atomic mass is 16.2. The summed E-state index contributed by atoms with van der Waals surface area (Å²) in [6.45, 7) is 2.31. The van der Waals surface area contributed by atoms with Crippen LogP contribution in [-0.2, 0) is 11.8 Å². The molecule has 0 unspecified atom stereocenters. The molecule has 0 atom stereocenters. The summed E-state index contributed by atoms with van der Waals surface area (Å²) in [6, 6.07) is 0. The molecule has 5 heteroatoms. The van der Waals surface area contributed by atoms with E-state index in [1.54, 1.807) is 4.68 Å². The van der Waals surface area contributed by atoms with Gasteiger partial charge in [-0.1, -0.05) is 6.42 Å². The van der Waals surface area contributed by atoms with Gasteiger partial charge in [0.05, 0.1) is 16.8 Å². The smallest absolute Gasteiger partial charge is 0.231 e. The largest absolute Gasteiger partial charge is 0.329 e. The predicted octanol–water partition coefficient (Wildman–Crippen LogP) is 0.796. The van der Waals surface area contributed by atoms with Gasteiger partial charge in [-0.25, -0.2) is 0 Å². The molecule has 88 valence electrons. The van der Waals surface area contributed by atoms with Gasteiger partial charge in [0.25, 0.3) is 0 Å². The first kappa shape index (κ1) is 11.1. The van der Waals surface area contributed by atoms with E-state index in [1.165, 1.54) is 0 Å². The summed E-state index contributed by atoms with van der Waals surface area (Å²) >= 11 is 0. The van der Waals surface area contributed by atoms with E-state index < -0.39 is 0 Å². The van der Waals surface area contributed by atoms with Gasteiger partial charge < -0.3 is 11.1 Å². The van der Waals surface area contributed by atoms with E-state index >= 15 is 0 Å². The van der Waals surface area contributed by atoms with Crippen LogP contribution in [0.4, 0.5) is 5.69 Å². The number of nitrogens with zero attached hydrogens (tertiary/aromatic N) is 2. The molecule has 1 fully saturated rings. The third-order valence-corrected chi connectivity index (χ3v) is 3.44. The quantitative estimate of drug-likeness (QED) is 0.794. The number of amides is 1. The Balaban J connectivity index is 2.10. The molecule has 5 nitrogen and oxygen atoms in total. The topological polar surface area (TPSA) is 72.9 Å². The van der Waals surface area contributed by atoms with Crippen LogP contribution in [0.2, 0.25) is 0 Å². The first-order valence-corrected chi connectivity index (χ1v) is 5.59. The summed E-state index contributed by atoms with van der Waals surface area (Å²) < 4.78 is 1.70. The molecule has 2 rings (SSSR count). The van der Waals surface area contributed by atoms with Crippen LogP contribution in [0.15, 0.2) is 6.20 Å². The normalized spacial score (nSPS) is 17.9. The molecule has 1 saturated carbocycles. The van der Waals surface area contributed by atoms with Crippen molar-refractivity contribution in [3.05, 3.63) is 11.9 Å². The average Bonchev–Trinajstić information content (AvgIpc) is 2.44. The van der Waals surface area contributed by atoms with Crippen LogP contribution in [0.1, 0.15) is 25.0 Å². The third kappa shape index (κ3) is 1.71. The molecule has 0 saturated heterocycles. The fourth-order valence-electron chi connectivity index (χ4n) is 2.10. The molecular formula is C11H18N4O. The van der Waals surface area contributed by atoms with Gasteiger partial charge in [-0.15, -0.1) is 0 Å². The van der Waals surface area contributed by atoms with Crippen molar-refractivity contribution in [2.24, 2.45) is 18.2 Å². The van der Waals surface area contributed by atoms with Gasteiger partial charge >= 0.3 is 0 Å². The van der Waals surface area contributed by atoms with Crippen molar-refractivity contribution in [3.63, 3.8) is 0 Å². The van der Waals surface area contributed by atoms with Crippen molar-refractivity contribution in [2.75, 3.05) is 11.9 Å². The van der Waals surface area contributed by atoms with E-state index in [4.69, 9.17) is 5.73 Å². The number of hydrogen-bond acceptors (Lipinski definition) is 3. The third-order valence-electron chi connectivity index (χ3n) is 3.44. The minimum atomic E-state index is -0.331. The molecule has 1 amide bonds. The van der Waals surface area contributed by atoms with E-state index in [1.807, 2.05) is 20.2 Å². The van der Waals surface area contributed by atoms with Gasteiger partial charge in [0.2, 0.25) is 5.91 Å². The maximum Gasteiger partial charge on any atom is 0.231 e. The first-order chi connectivity index (χ1) is 7.57. The van der Waals surface area contributed by atoms with Crippen molar-refractivity contribution in [1.29, 1.82) is 0 Å². The Morgan fingerprint density at radius 2 is 2.38 bits per heavy atom. The van der Waals surface area contributed by atoms with Crippen molar-refractivity contribution < 1.29 is 4.79 Å². The SMILES string of the molecule is Cc1nn(C)cc1NC(=O)C1(CN)CCC1. The molecule has 0 bridgehead atoms. The van der Waals surface area contributed by atoms with Gasteiger partial charge in [0, 0.05) is 19.8 Å². The standard InChI is InChI=1S/C11H18N4O/c1-8-9(6-15(2)14-8)13-10(16)11(7-12)4-3-5-11/h6H,3-5,7,12H2,1-2H3,(H,13,16). The molecule has 1 heterocycles. The van der Waals surface area contributed by atoms with Gasteiger partial charge in [0.15, 0.2) is 0 Å². The lowest BCUT2D eigenvalue weighted by Gasteiger charge is -2.38. The molecule has 0 radical (unpaired) electrons. The second kappa shape index (κ2) is 3.90. The van der Waals surface area contributed by atoms with E-state index in [0.717, 1.165) is 30.6 Å². The van der Waals surface area contributed by atoms with Crippen LogP contribution in [0, 0.1) is 12.3 Å². The molecule has 1 aliphatic rings. The number of aromatic nitrogens is 2. The van der Waals surface area contributed by atoms with E-state index in [0.29, 0.717) is 6.54 Å². The molecule has 0 aliphatic heterocycles. The minimum absolute atomic E-state index is 0.0392. The lowest BCUT2D eigenvalue weighted by Crippen LogP contribution is -2.47. The van der Waals surface area contributed by atoms with Crippen molar-refractivity contribution in [2.45, 2.75) is 26.2 Å². The molecule has 0 spiro atoms. The van der Waals surface area contributed by atoms with Gasteiger partial charge in [-0.3, -0.25) is 9.48 Å². The van der Waals surface area contributed by atoms with Crippen LogP contribution in [0.3, 0.4) is 0 Å². The number of carbonyl (C=O) groups is 1. The number of carbonyl (C=O) groups excluding carboxylic acids is 1. The Kier molecular flexibility index (Phi) is 2.71. The Hall–Kier alpha value is -1.36. The number of anilines is 1. The second-order valence-electron chi connectivity index (χ2n) is 4.59. The zero-order chi connectivity index (χ0) is 11.8. The zero-order valence-electron chi connectivity index (χ0n) is 9.79. The Morgan fingerprint density at radius 3 is 2.75 bits per heavy atom. The maximum absolute atomic E-state index is 12.1. The predicted molar refractivity (Wildman–Crippen MR) is 61.9 cm³/mol. The minimum Gasteiger partial charge on any atom is -0.329 e. The summed E-state index contributed by atoms with van der Waals surface area (Å²) in [7, 11) is 1.84. The van der Waals surface area contributed by atoms with Gasteiger partial charge in [0.1, 0.15) is 0 Å². The molecular weight excluding hydrogens is 204 g/mol. The fraction of sp³-hybridized carbons (Fsp3) is 0.636. The Morgan fingerprint density at radius 1 is 1.69 bits per heavy atom. The summed E-state index contributed by atoms with van der Waals surface area (Å²) in [5.74, 6) is 0.0392. The molecule has 0 aromatic carbocycles. The molecule has 1 aliphatic carbocycles. The average molecular weight is 222 g/mol. The van der Waals surface area contributed by atoms with Crippen molar-refractivity contribution in [3.8, 4) is 0 Å². The van der Waals surface area contributed by atoms with Crippen LogP contribution < -0.4 is 11.1 Å². The Labute approximate surface area is 95.0 Å². The van der Waals surface area contributed by atoms with Crippen molar-refractivity contribution >= 4 is 11.6 Å². The number of nitrogens with one attached hydrogen (secondary N) is 1. The summed E-state index contributed by atoms with van der Waals surface area (Å²) in [5, 5.41) is 7.11. The van der Waals surface area contributed by atoms with E-state index in [2.05, 4.69) is 10.4 Å². The number of nitrogens with two attached hydrogens (primary N) is 1. The molecule has 3 N–H and O–H groups in total. The van der Waals surface area contributed by atoms with Gasteiger partial charge in [-0.2, -0.15) is 5.10 Å². The van der Waals surface area contributed by atoms with Crippen LogP contribution in [-0.4, -0.2) is 22.2 Å². The number of hydrogen-bond donors (Lipinski definition) is 2. The molecule has 16 heavy (non-hydrogen) atoms. The monoisotopic (exact) mass is 222 g/mol. The summed E-state index contributed by atoms with van der Waals surface area (Å²) in [4.78, 5) is 12.1. The number of aryl methyl sites for hydroxylation is 2. The van der Waals surface area contributed by atoms with E-state index in [9.17, 15) is 4.79 Å². The Bertz CT molecular complexity index is 401. The summed E-state index contributed by atoms with van der Waals surface area (Å²) in [5.41, 5.74) is 6.97. The second-order valence-corrected chi connectivity index (χ2v) is 4.59. The van der Waals surface area contributed by atoms with E-state index in [-0.39, 0.29) is 11.3 Å². The van der Waals surface area contributed by atoms with Crippen LogP contribution in [0.5, 0.6) is 0 Å². The first-order valence-electron chi connectivity index (χ1n) is 5.59. The lowest BCUT2D eigenvalue weighted by atomic mass is 9.68. The highest BCUT2D eigenvalue weighted by Gasteiger charge is 2.42. The summed E-state index contributed by atoms with van der Waals surface area (Å²) in [6.07, 6.45) is 4.70. The van der Waals surface area contributed by atoms with Crippen molar-refractivity contribution in [1.82, 2.24) is 9.78 Å². The zero-order valence-corrected chi connectivity index (χ0v) is 9.79. The van der Waals surface area contributed by atoms with Crippen LogP contribution >= 0.6 is 0 Å². The number of rotatable bonds is 3. The highest BCUT2D eigenvalue weighted by molar-refractivity contribution is 5.96.